The molecule has 17 heavy (non-hydrogen) atoms. The van der Waals surface area contributed by atoms with Crippen LogP contribution in [0.2, 0.25) is 0 Å². The summed E-state index contributed by atoms with van der Waals surface area (Å²) in [7, 11) is 0. The Balaban J connectivity index is 1.92. The summed E-state index contributed by atoms with van der Waals surface area (Å²) in [6, 6.07) is 0.513. The van der Waals surface area contributed by atoms with Gasteiger partial charge in [-0.3, -0.25) is 10.1 Å². The molecule has 1 heterocycles. The van der Waals surface area contributed by atoms with E-state index in [-0.39, 0.29) is 5.91 Å². The molecule has 1 aliphatic carbocycles. The van der Waals surface area contributed by atoms with E-state index in [9.17, 15) is 4.79 Å². The number of amides is 1. The van der Waals surface area contributed by atoms with Crippen LogP contribution in [0, 0.1) is 0 Å². The SMILES string of the molecule is CC(CN1CCCCCC1)(NC1CC1)C(N)=O. The number of carbonyl (C=O) groups excluding carboxylic acids is 1. The van der Waals surface area contributed by atoms with Gasteiger partial charge in [-0.1, -0.05) is 12.8 Å². The van der Waals surface area contributed by atoms with Crippen molar-refractivity contribution < 1.29 is 4.79 Å². The van der Waals surface area contributed by atoms with Crippen LogP contribution in [0.1, 0.15) is 45.4 Å². The Kier molecular flexibility index (Phi) is 4.05. The summed E-state index contributed by atoms with van der Waals surface area (Å²) >= 11 is 0. The Morgan fingerprint density at radius 2 is 1.88 bits per heavy atom. The van der Waals surface area contributed by atoms with Crippen LogP contribution >= 0.6 is 0 Å². The molecule has 1 atom stereocenters. The molecule has 0 aromatic rings. The van der Waals surface area contributed by atoms with Crippen molar-refractivity contribution in [1.29, 1.82) is 0 Å². The van der Waals surface area contributed by atoms with Gasteiger partial charge in [-0.05, 0) is 45.7 Å². The molecule has 4 heteroatoms. The van der Waals surface area contributed by atoms with E-state index in [1.165, 1.54) is 38.5 Å². The van der Waals surface area contributed by atoms with Crippen LogP contribution in [-0.2, 0) is 4.79 Å². The molecule has 0 bridgehead atoms. The fourth-order valence-corrected chi connectivity index (χ4v) is 2.61. The van der Waals surface area contributed by atoms with Gasteiger partial charge in [0.05, 0.1) is 0 Å². The van der Waals surface area contributed by atoms with E-state index in [0.29, 0.717) is 6.04 Å². The third-order valence-corrected chi connectivity index (χ3v) is 3.88. The Bertz CT molecular complexity index is 270. The van der Waals surface area contributed by atoms with E-state index < -0.39 is 5.54 Å². The summed E-state index contributed by atoms with van der Waals surface area (Å²) in [4.78, 5) is 14.1. The normalized spacial score (nSPS) is 26.2. The van der Waals surface area contributed by atoms with Crippen LogP contribution in [-0.4, -0.2) is 42.0 Å². The van der Waals surface area contributed by atoms with Gasteiger partial charge in [0.25, 0.3) is 0 Å². The van der Waals surface area contributed by atoms with Crippen molar-refractivity contribution in [3.8, 4) is 0 Å². The Labute approximate surface area is 104 Å². The molecular weight excluding hydrogens is 214 g/mol. The summed E-state index contributed by atoms with van der Waals surface area (Å²) in [5.74, 6) is -0.214. The van der Waals surface area contributed by atoms with Gasteiger partial charge in [0, 0.05) is 12.6 Å². The number of primary amides is 1. The fraction of sp³-hybridized carbons (Fsp3) is 0.923. The summed E-state index contributed by atoms with van der Waals surface area (Å²) in [5.41, 5.74) is 5.03. The highest BCUT2D eigenvalue weighted by Gasteiger charge is 2.38. The lowest BCUT2D eigenvalue weighted by atomic mass is 10.00. The van der Waals surface area contributed by atoms with Crippen molar-refractivity contribution >= 4 is 5.91 Å². The van der Waals surface area contributed by atoms with Gasteiger partial charge < -0.3 is 10.6 Å². The number of rotatable bonds is 5. The van der Waals surface area contributed by atoms with Gasteiger partial charge in [-0.15, -0.1) is 0 Å². The first kappa shape index (κ1) is 12.8. The standard InChI is InChI=1S/C13H25N3O/c1-13(12(14)17,15-11-6-7-11)10-16-8-4-2-3-5-9-16/h11,15H,2-10H2,1H3,(H2,14,17). The molecule has 2 fully saturated rings. The number of hydrogen-bond donors (Lipinski definition) is 2. The van der Waals surface area contributed by atoms with Crippen LogP contribution in [0.4, 0.5) is 0 Å². The summed E-state index contributed by atoms with van der Waals surface area (Å²) in [5, 5.41) is 3.42. The first-order chi connectivity index (χ1) is 8.10. The topological polar surface area (TPSA) is 58.4 Å². The fourth-order valence-electron chi connectivity index (χ4n) is 2.61. The highest BCUT2D eigenvalue weighted by molar-refractivity contribution is 5.84. The van der Waals surface area contributed by atoms with E-state index in [0.717, 1.165) is 19.6 Å². The average Bonchev–Trinajstić information content (AvgIpc) is 3.06. The van der Waals surface area contributed by atoms with Crippen molar-refractivity contribution in [3.63, 3.8) is 0 Å². The van der Waals surface area contributed by atoms with Gasteiger partial charge in [0.15, 0.2) is 0 Å². The second-order valence-electron chi connectivity index (χ2n) is 5.81. The van der Waals surface area contributed by atoms with Crippen LogP contribution in [0.5, 0.6) is 0 Å². The maximum atomic E-state index is 11.7. The predicted octanol–water partition coefficient (Wildman–Crippen LogP) is 0.858. The predicted molar refractivity (Wildman–Crippen MR) is 68.7 cm³/mol. The quantitative estimate of drug-likeness (QED) is 0.748. The molecule has 1 unspecified atom stereocenters. The van der Waals surface area contributed by atoms with E-state index in [1.807, 2.05) is 6.92 Å². The number of nitrogens with zero attached hydrogens (tertiary/aromatic N) is 1. The lowest BCUT2D eigenvalue weighted by Crippen LogP contribution is -2.60. The third-order valence-electron chi connectivity index (χ3n) is 3.88. The molecule has 1 saturated carbocycles. The molecule has 0 aromatic heterocycles. The monoisotopic (exact) mass is 239 g/mol. The van der Waals surface area contributed by atoms with Crippen LogP contribution in [0.3, 0.4) is 0 Å². The Morgan fingerprint density at radius 3 is 2.35 bits per heavy atom. The van der Waals surface area contributed by atoms with Crippen LogP contribution in [0.25, 0.3) is 0 Å². The van der Waals surface area contributed by atoms with Crippen molar-refractivity contribution in [3.05, 3.63) is 0 Å². The van der Waals surface area contributed by atoms with E-state index in [1.54, 1.807) is 0 Å². The molecule has 3 N–H and O–H groups in total. The van der Waals surface area contributed by atoms with Crippen molar-refractivity contribution in [2.75, 3.05) is 19.6 Å². The number of likely N-dealkylation sites (tertiary alicyclic amines) is 1. The Hall–Kier alpha value is -0.610. The first-order valence-corrected chi connectivity index (χ1v) is 6.90. The molecule has 0 aromatic carbocycles. The number of hydrogen-bond acceptors (Lipinski definition) is 3. The highest BCUT2D eigenvalue weighted by Crippen LogP contribution is 2.23. The number of carbonyl (C=O) groups is 1. The second-order valence-corrected chi connectivity index (χ2v) is 5.81. The number of nitrogens with two attached hydrogens (primary N) is 1. The zero-order chi connectivity index (χ0) is 12.3. The van der Waals surface area contributed by atoms with E-state index in [4.69, 9.17) is 5.73 Å². The molecule has 1 aliphatic heterocycles. The van der Waals surface area contributed by atoms with Gasteiger partial charge in [-0.25, -0.2) is 0 Å². The van der Waals surface area contributed by atoms with Crippen LogP contribution < -0.4 is 11.1 Å². The maximum Gasteiger partial charge on any atom is 0.238 e. The van der Waals surface area contributed by atoms with Gasteiger partial charge in [0.2, 0.25) is 5.91 Å². The molecule has 1 amide bonds. The summed E-state index contributed by atoms with van der Waals surface area (Å²) in [6.07, 6.45) is 7.50. The zero-order valence-electron chi connectivity index (χ0n) is 10.9. The smallest absolute Gasteiger partial charge is 0.238 e. The van der Waals surface area contributed by atoms with Crippen LogP contribution in [0.15, 0.2) is 0 Å². The molecule has 1 saturated heterocycles. The van der Waals surface area contributed by atoms with E-state index in [2.05, 4.69) is 10.2 Å². The molecule has 2 aliphatic rings. The summed E-state index contributed by atoms with van der Waals surface area (Å²) in [6.45, 7) is 4.93. The minimum atomic E-state index is -0.550. The maximum absolute atomic E-state index is 11.7. The second kappa shape index (κ2) is 5.36. The van der Waals surface area contributed by atoms with Gasteiger partial charge in [-0.2, -0.15) is 0 Å². The minimum absolute atomic E-state index is 0.214. The van der Waals surface area contributed by atoms with Gasteiger partial charge in [0.1, 0.15) is 5.54 Å². The molecule has 98 valence electrons. The van der Waals surface area contributed by atoms with Gasteiger partial charge >= 0.3 is 0 Å². The molecule has 0 spiro atoms. The lowest BCUT2D eigenvalue weighted by Gasteiger charge is -2.33. The van der Waals surface area contributed by atoms with E-state index >= 15 is 0 Å². The lowest BCUT2D eigenvalue weighted by molar-refractivity contribution is -0.124. The first-order valence-electron chi connectivity index (χ1n) is 6.90. The Morgan fingerprint density at radius 1 is 1.29 bits per heavy atom. The summed E-state index contributed by atoms with van der Waals surface area (Å²) < 4.78 is 0. The van der Waals surface area contributed by atoms with Crippen molar-refractivity contribution in [1.82, 2.24) is 10.2 Å². The molecule has 2 rings (SSSR count). The van der Waals surface area contributed by atoms with Crippen molar-refractivity contribution in [2.24, 2.45) is 5.73 Å². The minimum Gasteiger partial charge on any atom is -0.368 e. The third kappa shape index (κ3) is 3.68. The zero-order valence-corrected chi connectivity index (χ0v) is 10.9. The molecular formula is C13H25N3O. The molecule has 4 nitrogen and oxygen atoms in total. The largest absolute Gasteiger partial charge is 0.368 e. The van der Waals surface area contributed by atoms with Crippen molar-refractivity contribution in [2.45, 2.75) is 57.0 Å². The average molecular weight is 239 g/mol. The molecule has 0 radical (unpaired) electrons. The number of nitrogens with one attached hydrogen (secondary N) is 1. The highest BCUT2D eigenvalue weighted by atomic mass is 16.1.